The number of ether oxygens (including phenoxy) is 1. The molecule has 2 atom stereocenters. The molecule has 0 spiro atoms. The van der Waals surface area contributed by atoms with Crippen LogP contribution in [0.25, 0.3) is 0 Å². The Labute approximate surface area is 103 Å². The number of aldehydes is 1. The van der Waals surface area contributed by atoms with Gasteiger partial charge in [0.2, 0.25) is 0 Å². The van der Waals surface area contributed by atoms with Crippen molar-refractivity contribution >= 4 is 12.3 Å². The van der Waals surface area contributed by atoms with Crippen molar-refractivity contribution < 1.29 is 14.3 Å². The molecular weight excluding hydrogens is 216 g/mol. The first-order chi connectivity index (χ1) is 7.59. The molecule has 96 valence electrons. The molecule has 0 bridgehead atoms. The van der Waals surface area contributed by atoms with E-state index in [2.05, 4.69) is 0 Å². The fourth-order valence-electron chi connectivity index (χ4n) is 2.13. The lowest BCUT2D eigenvalue weighted by atomic mass is 10.1. The summed E-state index contributed by atoms with van der Waals surface area (Å²) in [5, 5.41) is 0. The van der Waals surface area contributed by atoms with Gasteiger partial charge in [0.15, 0.2) is 0 Å². The highest BCUT2D eigenvalue weighted by Crippen LogP contribution is 2.60. The summed E-state index contributed by atoms with van der Waals surface area (Å²) in [6.07, 6.45) is 2.70. The average Bonchev–Trinajstić information content (AvgIpc) is 2.65. The Morgan fingerprint density at radius 1 is 1.29 bits per heavy atom. The van der Waals surface area contributed by atoms with Crippen molar-refractivity contribution in [3.05, 3.63) is 11.6 Å². The summed E-state index contributed by atoms with van der Waals surface area (Å²) < 4.78 is 5.39. The topological polar surface area (TPSA) is 43.4 Å². The first-order valence-electron chi connectivity index (χ1n) is 5.96. The van der Waals surface area contributed by atoms with E-state index in [0.717, 1.165) is 6.29 Å². The number of rotatable bonds is 3. The predicted octanol–water partition coefficient (Wildman–Crippen LogP) is 2.75. The zero-order valence-electron chi connectivity index (χ0n) is 11.5. The second-order valence-electron chi connectivity index (χ2n) is 6.39. The molecular formula is C14H22O3. The Morgan fingerprint density at radius 2 is 1.82 bits per heavy atom. The first-order valence-corrected chi connectivity index (χ1v) is 5.96. The van der Waals surface area contributed by atoms with Crippen LogP contribution in [-0.4, -0.2) is 17.9 Å². The van der Waals surface area contributed by atoms with Gasteiger partial charge in [-0.05, 0) is 44.6 Å². The second kappa shape index (κ2) is 4.28. The highest BCUT2D eigenvalue weighted by atomic mass is 16.6. The largest absolute Gasteiger partial charge is 0.460 e. The maximum Gasteiger partial charge on any atom is 0.310 e. The van der Waals surface area contributed by atoms with Gasteiger partial charge in [0.1, 0.15) is 11.9 Å². The summed E-state index contributed by atoms with van der Waals surface area (Å²) in [4.78, 5) is 22.6. The van der Waals surface area contributed by atoms with E-state index in [4.69, 9.17) is 4.74 Å². The molecule has 1 aliphatic carbocycles. The van der Waals surface area contributed by atoms with E-state index in [9.17, 15) is 9.59 Å². The third-order valence-electron chi connectivity index (χ3n) is 3.20. The Kier molecular flexibility index (Phi) is 3.51. The van der Waals surface area contributed by atoms with E-state index in [1.165, 1.54) is 0 Å². The van der Waals surface area contributed by atoms with Crippen molar-refractivity contribution in [2.24, 2.45) is 17.3 Å². The number of hydrogen-bond acceptors (Lipinski definition) is 3. The van der Waals surface area contributed by atoms with Gasteiger partial charge in [-0.25, -0.2) is 0 Å². The van der Waals surface area contributed by atoms with E-state index >= 15 is 0 Å². The zero-order chi connectivity index (χ0) is 13.4. The molecule has 0 amide bonds. The number of esters is 1. The van der Waals surface area contributed by atoms with Crippen LogP contribution in [0.4, 0.5) is 0 Å². The molecule has 0 N–H and O–H groups in total. The lowest BCUT2D eigenvalue weighted by Gasteiger charge is -2.19. The molecule has 3 heteroatoms. The van der Waals surface area contributed by atoms with E-state index in [0.29, 0.717) is 5.57 Å². The van der Waals surface area contributed by atoms with Gasteiger partial charge in [-0.15, -0.1) is 0 Å². The van der Waals surface area contributed by atoms with Crippen molar-refractivity contribution in [1.29, 1.82) is 0 Å². The summed E-state index contributed by atoms with van der Waals surface area (Å²) in [6, 6.07) is 0. The van der Waals surface area contributed by atoms with Gasteiger partial charge in [0.25, 0.3) is 0 Å². The van der Waals surface area contributed by atoms with Crippen LogP contribution in [0.2, 0.25) is 0 Å². The fourth-order valence-corrected chi connectivity index (χ4v) is 2.13. The molecule has 0 aromatic rings. The summed E-state index contributed by atoms with van der Waals surface area (Å²) in [5.41, 5.74) is 0.116. The van der Waals surface area contributed by atoms with Crippen molar-refractivity contribution in [1.82, 2.24) is 0 Å². The molecule has 0 aliphatic heterocycles. The Bertz CT molecular complexity index is 358. The van der Waals surface area contributed by atoms with Gasteiger partial charge in [0.05, 0.1) is 5.92 Å². The number of carbonyl (C=O) groups excluding carboxylic acids is 2. The van der Waals surface area contributed by atoms with E-state index < -0.39 is 5.60 Å². The van der Waals surface area contributed by atoms with Crippen molar-refractivity contribution in [2.75, 3.05) is 0 Å². The maximum atomic E-state index is 12.0. The molecule has 0 aromatic carbocycles. The highest BCUT2D eigenvalue weighted by molar-refractivity contribution is 5.80. The smallest absolute Gasteiger partial charge is 0.310 e. The normalized spacial score (nSPS) is 27.5. The predicted molar refractivity (Wildman–Crippen MR) is 66.4 cm³/mol. The molecule has 0 aromatic heterocycles. The van der Waals surface area contributed by atoms with Gasteiger partial charge < -0.3 is 4.74 Å². The van der Waals surface area contributed by atoms with Gasteiger partial charge in [-0.3, -0.25) is 9.59 Å². The van der Waals surface area contributed by atoms with Crippen molar-refractivity contribution in [3.8, 4) is 0 Å². The second-order valence-corrected chi connectivity index (χ2v) is 6.39. The van der Waals surface area contributed by atoms with Gasteiger partial charge in [0, 0.05) is 0 Å². The first kappa shape index (κ1) is 13.9. The minimum absolute atomic E-state index is 0.105. The number of allylic oxidation sites excluding steroid dienone is 2. The van der Waals surface area contributed by atoms with Gasteiger partial charge in [-0.1, -0.05) is 19.9 Å². The molecule has 17 heavy (non-hydrogen) atoms. The molecule has 1 fully saturated rings. The molecule has 0 saturated heterocycles. The molecule has 0 radical (unpaired) electrons. The van der Waals surface area contributed by atoms with Crippen molar-refractivity contribution in [2.45, 2.75) is 47.1 Å². The van der Waals surface area contributed by atoms with Crippen LogP contribution in [0, 0.1) is 17.3 Å². The Hall–Kier alpha value is -1.12. The third kappa shape index (κ3) is 3.18. The maximum absolute atomic E-state index is 12.0. The SMILES string of the molecule is C/C(C=O)=C\C1C(C(=O)OC(C)(C)C)C1(C)C. The standard InChI is InChI=1S/C14H22O3/c1-9(8-15)7-10-11(14(10,5)6)12(16)17-13(2,3)4/h7-8,10-11H,1-6H3/b9-7+. The van der Waals surface area contributed by atoms with E-state index in [1.54, 1.807) is 6.92 Å². The quantitative estimate of drug-likeness (QED) is 0.431. The summed E-state index contributed by atoms with van der Waals surface area (Å²) in [7, 11) is 0. The summed E-state index contributed by atoms with van der Waals surface area (Å²) in [5.74, 6) is -0.179. The van der Waals surface area contributed by atoms with Crippen LogP contribution in [0.15, 0.2) is 11.6 Å². The molecule has 2 unspecified atom stereocenters. The molecule has 3 nitrogen and oxygen atoms in total. The monoisotopic (exact) mass is 238 g/mol. The Balaban J connectivity index is 2.75. The molecule has 1 aliphatic rings. The molecule has 1 rings (SSSR count). The molecule has 0 heterocycles. The van der Waals surface area contributed by atoms with E-state index in [-0.39, 0.29) is 23.2 Å². The zero-order valence-corrected chi connectivity index (χ0v) is 11.5. The highest BCUT2D eigenvalue weighted by Gasteiger charge is 2.61. The summed E-state index contributed by atoms with van der Waals surface area (Å²) in [6.45, 7) is 11.4. The van der Waals surface area contributed by atoms with Crippen LogP contribution < -0.4 is 0 Å². The lowest BCUT2D eigenvalue weighted by Crippen LogP contribution is -2.26. The van der Waals surface area contributed by atoms with E-state index in [1.807, 2.05) is 40.7 Å². The van der Waals surface area contributed by atoms with Crippen LogP contribution in [0.1, 0.15) is 41.5 Å². The van der Waals surface area contributed by atoms with Crippen LogP contribution in [0.3, 0.4) is 0 Å². The fraction of sp³-hybridized carbons (Fsp3) is 0.714. The van der Waals surface area contributed by atoms with Crippen LogP contribution in [0.5, 0.6) is 0 Å². The van der Waals surface area contributed by atoms with Gasteiger partial charge in [-0.2, -0.15) is 0 Å². The third-order valence-corrected chi connectivity index (χ3v) is 3.20. The number of carbonyl (C=O) groups is 2. The Morgan fingerprint density at radius 3 is 2.24 bits per heavy atom. The summed E-state index contributed by atoms with van der Waals surface area (Å²) >= 11 is 0. The molecule has 1 saturated carbocycles. The minimum Gasteiger partial charge on any atom is -0.460 e. The van der Waals surface area contributed by atoms with Crippen LogP contribution >= 0.6 is 0 Å². The van der Waals surface area contributed by atoms with Crippen molar-refractivity contribution in [3.63, 3.8) is 0 Å². The van der Waals surface area contributed by atoms with Crippen LogP contribution in [-0.2, 0) is 14.3 Å². The van der Waals surface area contributed by atoms with Gasteiger partial charge >= 0.3 is 5.97 Å². The average molecular weight is 238 g/mol. The number of hydrogen-bond donors (Lipinski definition) is 0. The minimum atomic E-state index is -0.455. The lowest BCUT2D eigenvalue weighted by molar-refractivity contribution is -0.157.